The Morgan fingerprint density at radius 3 is 2.54 bits per heavy atom. The minimum atomic E-state index is -0.729. The molecule has 0 aromatic carbocycles. The number of hydrogen-bond donors (Lipinski definition) is 1. The van der Waals surface area contributed by atoms with Crippen molar-refractivity contribution in [1.29, 1.82) is 5.26 Å². The number of piperidine rings is 1. The molecule has 1 saturated heterocycles. The fraction of sp³-hybridized carbons (Fsp3) is 0.750. The third-order valence-electron chi connectivity index (χ3n) is 5.93. The minimum absolute atomic E-state index is 0.151. The van der Waals surface area contributed by atoms with E-state index in [-0.39, 0.29) is 11.9 Å². The van der Waals surface area contributed by atoms with Crippen molar-refractivity contribution in [2.24, 2.45) is 11.3 Å². The van der Waals surface area contributed by atoms with Crippen LogP contribution in [0.2, 0.25) is 0 Å². The Morgan fingerprint density at radius 2 is 2.00 bits per heavy atom. The number of nitriles is 1. The summed E-state index contributed by atoms with van der Waals surface area (Å²) >= 11 is 0. The molecule has 2 saturated carbocycles. The number of carbonyl (C=O) groups excluding carboxylic acids is 2. The molecule has 4 atom stereocenters. The van der Waals surface area contributed by atoms with E-state index in [0.717, 1.165) is 38.5 Å². The van der Waals surface area contributed by atoms with Crippen LogP contribution in [-0.4, -0.2) is 40.6 Å². The maximum atomic E-state index is 13.5. The minimum Gasteiger partial charge on any atom is -0.444 e. The summed E-state index contributed by atoms with van der Waals surface area (Å²) in [4.78, 5) is 27.6. The highest BCUT2D eigenvalue weighted by Crippen LogP contribution is 2.50. The van der Waals surface area contributed by atoms with E-state index in [4.69, 9.17) is 4.74 Å². The fourth-order valence-corrected chi connectivity index (χ4v) is 4.56. The Bertz CT molecular complexity index is 640. The van der Waals surface area contributed by atoms with Gasteiger partial charge in [0, 0.05) is 11.5 Å². The molecule has 2 amide bonds. The molecule has 1 heterocycles. The van der Waals surface area contributed by atoms with Crippen molar-refractivity contribution in [3.63, 3.8) is 0 Å². The van der Waals surface area contributed by atoms with Crippen molar-refractivity contribution in [1.82, 2.24) is 10.2 Å². The third kappa shape index (κ3) is 3.44. The number of alkyl carbamates (subject to hydrolysis) is 1. The van der Waals surface area contributed by atoms with Crippen LogP contribution in [0.4, 0.5) is 4.79 Å². The van der Waals surface area contributed by atoms with Gasteiger partial charge in [0.25, 0.3) is 0 Å². The van der Waals surface area contributed by atoms with Gasteiger partial charge in [-0.05, 0) is 52.4 Å². The second kappa shape index (κ2) is 6.61. The highest BCUT2D eigenvalue weighted by Gasteiger charge is 2.57. The van der Waals surface area contributed by atoms with Crippen LogP contribution in [0.5, 0.6) is 0 Å². The summed E-state index contributed by atoms with van der Waals surface area (Å²) in [7, 11) is 0. The van der Waals surface area contributed by atoms with E-state index in [9.17, 15) is 14.9 Å². The summed E-state index contributed by atoms with van der Waals surface area (Å²) in [5.41, 5.74) is -1.11. The Hall–Kier alpha value is -2.03. The largest absolute Gasteiger partial charge is 0.444 e. The predicted octanol–water partition coefficient (Wildman–Crippen LogP) is 3.14. The summed E-state index contributed by atoms with van der Waals surface area (Å²) in [5.74, 6) is 0.281. The van der Waals surface area contributed by atoms with Crippen molar-refractivity contribution in [2.75, 3.05) is 0 Å². The molecule has 6 nitrogen and oxygen atoms in total. The van der Waals surface area contributed by atoms with E-state index in [1.54, 1.807) is 25.7 Å². The molecule has 2 aliphatic carbocycles. The normalized spacial score (nSPS) is 30.1. The molecule has 0 aromatic heterocycles. The van der Waals surface area contributed by atoms with Gasteiger partial charge in [-0.2, -0.15) is 5.26 Å². The molecule has 0 spiro atoms. The van der Waals surface area contributed by atoms with Gasteiger partial charge in [-0.15, -0.1) is 6.58 Å². The molecule has 1 N–H and O–H groups in total. The Labute approximate surface area is 155 Å². The molecule has 1 unspecified atom stereocenters. The molecule has 1 aliphatic heterocycles. The Morgan fingerprint density at radius 1 is 1.35 bits per heavy atom. The van der Waals surface area contributed by atoms with E-state index in [2.05, 4.69) is 18.0 Å². The number of hydrogen-bond acceptors (Lipinski definition) is 4. The summed E-state index contributed by atoms with van der Waals surface area (Å²) in [6.45, 7) is 9.35. The quantitative estimate of drug-likeness (QED) is 0.782. The number of nitrogens with zero attached hydrogens (tertiary/aromatic N) is 2. The lowest BCUT2D eigenvalue weighted by Crippen LogP contribution is -2.58. The molecule has 26 heavy (non-hydrogen) atoms. The van der Waals surface area contributed by atoms with Gasteiger partial charge in [0.15, 0.2) is 0 Å². The highest BCUT2D eigenvalue weighted by atomic mass is 16.6. The van der Waals surface area contributed by atoms with E-state index in [1.807, 2.05) is 6.08 Å². The van der Waals surface area contributed by atoms with Crippen molar-refractivity contribution in [3.05, 3.63) is 12.7 Å². The smallest absolute Gasteiger partial charge is 0.408 e. The standard InChI is InChI=1S/C20H29N3O3/c1-5-20(8-6-7-9-20)16(22-18(25)26-19(2,3)4)17(24)23-14(12-21)10-13-11-15(13)23/h5,13-16H,1,6-11H2,2-4H3,(H,22,25)/t13-,14?,15+,16-/m1/s1. The first-order valence-corrected chi connectivity index (χ1v) is 9.56. The first-order valence-electron chi connectivity index (χ1n) is 9.56. The van der Waals surface area contributed by atoms with Crippen LogP contribution >= 0.6 is 0 Å². The van der Waals surface area contributed by atoms with Gasteiger partial charge >= 0.3 is 6.09 Å². The zero-order chi connectivity index (χ0) is 19.1. The summed E-state index contributed by atoms with van der Waals surface area (Å²) in [6.07, 6.45) is 6.55. The van der Waals surface area contributed by atoms with Crippen LogP contribution in [-0.2, 0) is 9.53 Å². The first kappa shape index (κ1) is 18.8. The monoisotopic (exact) mass is 359 g/mol. The number of nitrogens with one attached hydrogen (secondary N) is 1. The van der Waals surface area contributed by atoms with Gasteiger partial charge < -0.3 is 15.0 Å². The molecular weight excluding hydrogens is 330 g/mol. The van der Waals surface area contributed by atoms with Crippen molar-refractivity contribution >= 4 is 12.0 Å². The van der Waals surface area contributed by atoms with E-state index >= 15 is 0 Å². The summed E-state index contributed by atoms with van der Waals surface area (Å²) in [6, 6.07) is 1.29. The topological polar surface area (TPSA) is 82.4 Å². The molecule has 3 fully saturated rings. The molecule has 0 bridgehead atoms. The van der Waals surface area contributed by atoms with Crippen molar-refractivity contribution < 1.29 is 14.3 Å². The number of likely N-dealkylation sites (tertiary alicyclic amines) is 1. The van der Waals surface area contributed by atoms with E-state index < -0.39 is 29.2 Å². The number of carbonyl (C=O) groups is 2. The lowest BCUT2D eigenvalue weighted by atomic mass is 9.77. The maximum Gasteiger partial charge on any atom is 0.408 e. The first-order chi connectivity index (χ1) is 12.2. The van der Waals surface area contributed by atoms with Crippen LogP contribution in [0.1, 0.15) is 59.3 Å². The number of ether oxygens (including phenoxy) is 1. The van der Waals surface area contributed by atoms with Crippen LogP contribution in [0.3, 0.4) is 0 Å². The number of fused-ring (bicyclic) bond motifs is 1. The van der Waals surface area contributed by atoms with Gasteiger partial charge in [0.2, 0.25) is 5.91 Å². The molecule has 3 aliphatic rings. The molecular formula is C20H29N3O3. The van der Waals surface area contributed by atoms with Crippen molar-refractivity contribution in [3.8, 4) is 6.07 Å². The average Bonchev–Trinajstić information content (AvgIpc) is 3.01. The van der Waals surface area contributed by atoms with E-state index in [0.29, 0.717) is 5.92 Å². The van der Waals surface area contributed by atoms with Gasteiger partial charge in [-0.3, -0.25) is 4.79 Å². The third-order valence-corrected chi connectivity index (χ3v) is 5.93. The zero-order valence-electron chi connectivity index (χ0n) is 16.0. The average molecular weight is 359 g/mol. The summed E-state index contributed by atoms with van der Waals surface area (Å²) < 4.78 is 5.40. The Balaban J connectivity index is 1.85. The maximum absolute atomic E-state index is 13.5. The van der Waals surface area contributed by atoms with Crippen LogP contribution in [0, 0.1) is 22.7 Å². The molecule has 0 radical (unpaired) electrons. The predicted molar refractivity (Wildman–Crippen MR) is 97.0 cm³/mol. The second-order valence-electron chi connectivity index (χ2n) is 8.91. The van der Waals surface area contributed by atoms with E-state index in [1.165, 1.54) is 0 Å². The lowest BCUT2D eigenvalue weighted by Gasteiger charge is -2.38. The van der Waals surface area contributed by atoms with Crippen LogP contribution in [0.25, 0.3) is 0 Å². The van der Waals surface area contributed by atoms with Gasteiger partial charge in [-0.1, -0.05) is 18.9 Å². The van der Waals surface area contributed by atoms with Gasteiger partial charge in [0.05, 0.1) is 6.07 Å². The molecule has 0 aromatic rings. The summed E-state index contributed by atoms with van der Waals surface area (Å²) in [5, 5.41) is 12.3. The molecule has 142 valence electrons. The van der Waals surface area contributed by atoms with Crippen molar-refractivity contribution in [2.45, 2.75) is 83.0 Å². The zero-order valence-corrected chi connectivity index (χ0v) is 16.0. The molecule has 3 rings (SSSR count). The molecule has 6 heteroatoms. The number of rotatable bonds is 4. The SMILES string of the molecule is C=CC1([C@H](NC(=O)OC(C)(C)C)C(=O)N2C(C#N)C[C@@H]3C[C@@H]32)CCCC1. The number of amides is 2. The highest BCUT2D eigenvalue weighted by molar-refractivity contribution is 5.88. The van der Waals surface area contributed by atoms with Gasteiger partial charge in [-0.25, -0.2) is 4.79 Å². The Kier molecular flexibility index (Phi) is 4.76. The van der Waals surface area contributed by atoms with Gasteiger partial charge in [0.1, 0.15) is 17.7 Å². The second-order valence-corrected chi connectivity index (χ2v) is 8.91. The lowest BCUT2D eigenvalue weighted by molar-refractivity contribution is -0.137. The van der Waals surface area contributed by atoms with Crippen LogP contribution in [0.15, 0.2) is 12.7 Å². The fourth-order valence-electron chi connectivity index (χ4n) is 4.56. The van der Waals surface area contributed by atoms with Crippen LogP contribution < -0.4 is 5.32 Å².